The van der Waals surface area contributed by atoms with Crippen LogP contribution < -0.4 is 0 Å². The molecule has 0 aromatic carbocycles. The summed E-state index contributed by atoms with van der Waals surface area (Å²) >= 11 is 0. The first kappa shape index (κ1) is 14.9. The predicted molar refractivity (Wildman–Crippen MR) is 66.9 cm³/mol. The number of nitriles is 1. The van der Waals surface area contributed by atoms with E-state index in [-0.39, 0.29) is 6.42 Å². The highest BCUT2D eigenvalue weighted by molar-refractivity contribution is 5.06. The second-order valence-electron chi connectivity index (χ2n) is 5.41. The Bertz CT molecular complexity index is 492. The fourth-order valence-corrected chi connectivity index (χ4v) is 2.69. The lowest BCUT2D eigenvalue weighted by Crippen LogP contribution is -2.48. The van der Waals surface area contributed by atoms with Crippen molar-refractivity contribution in [2.45, 2.75) is 37.9 Å². The van der Waals surface area contributed by atoms with Gasteiger partial charge >= 0.3 is 6.18 Å². The molecule has 1 aliphatic heterocycles. The Hall–Kier alpha value is -1.55. The topological polar surface area (TPSA) is 44.9 Å². The molecule has 0 spiro atoms. The Morgan fingerprint density at radius 1 is 1.40 bits per heavy atom. The van der Waals surface area contributed by atoms with Crippen molar-refractivity contribution < 1.29 is 13.2 Å². The zero-order valence-corrected chi connectivity index (χ0v) is 11.3. The molecule has 0 radical (unpaired) electrons. The average Bonchev–Trinajstić information content (AvgIpc) is 2.78. The SMILES string of the molecule is Cc1cnn(C2(CC#N)CCN(CC(F)(F)F)CC2)c1. The zero-order valence-electron chi connectivity index (χ0n) is 11.3. The molecule has 1 aliphatic rings. The summed E-state index contributed by atoms with van der Waals surface area (Å²) in [4.78, 5) is 1.39. The first-order chi connectivity index (χ1) is 9.35. The van der Waals surface area contributed by atoms with Gasteiger partial charge in [-0.1, -0.05) is 0 Å². The summed E-state index contributed by atoms with van der Waals surface area (Å²) < 4.78 is 38.9. The van der Waals surface area contributed by atoms with Crippen LogP contribution in [-0.4, -0.2) is 40.5 Å². The number of rotatable bonds is 3. The lowest BCUT2D eigenvalue weighted by Gasteiger charge is -2.40. The minimum Gasteiger partial charge on any atom is -0.295 e. The number of nitrogens with zero attached hydrogens (tertiary/aromatic N) is 4. The average molecular weight is 286 g/mol. The maximum Gasteiger partial charge on any atom is 0.401 e. The minimum absolute atomic E-state index is 0.272. The molecule has 2 heterocycles. The van der Waals surface area contributed by atoms with Crippen LogP contribution in [-0.2, 0) is 5.54 Å². The third-order valence-electron chi connectivity index (χ3n) is 3.80. The molecule has 0 bridgehead atoms. The number of halogens is 3. The molecule has 0 atom stereocenters. The molecule has 1 fully saturated rings. The molecule has 0 aliphatic carbocycles. The van der Waals surface area contributed by atoms with Crippen molar-refractivity contribution >= 4 is 0 Å². The van der Waals surface area contributed by atoms with E-state index in [4.69, 9.17) is 5.26 Å². The molecule has 4 nitrogen and oxygen atoms in total. The van der Waals surface area contributed by atoms with Gasteiger partial charge in [-0.2, -0.15) is 23.5 Å². The van der Waals surface area contributed by atoms with E-state index < -0.39 is 18.3 Å². The van der Waals surface area contributed by atoms with E-state index in [0.717, 1.165) is 5.56 Å². The van der Waals surface area contributed by atoms with Gasteiger partial charge in [0, 0.05) is 19.3 Å². The number of hydrogen-bond donors (Lipinski definition) is 0. The molecule has 7 heteroatoms. The molecule has 2 rings (SSSR count). The summed E-state index contributed by atoms with van der Waals surface area (Å²) in [5.41, 5.74) is 0.519. The van der Waals surface area contributed by atoms with E-state index in [1.807, 2.05) is 13.1 Å². The monoisotopic (exact) mass is 286 g/mol. The van der Waals surface area contributed by atoms with Crippen LogP contribution in [0.3, 0.4) is 0 Å². The molecule has 0 amide bonds. The van der Waals surface area contributed by atoms with Crippen LogP contribution in [0.5, 0.6) is 0 Å². The molecule has 0 N–H and O–H groups in total. The van der Waals surface area contributed by atoms with Crippen LogP contribution in [0.4, 0.5) is 13.2 Å². The van der Waals surface area contributed by atoms with Gasteiger partial charge in [-0.05, 0) is 25.3 Å². The van der Waals surface area contributed by atoms with Gasteiger partial charge in [0.2, 0.25) is 0 Å². The van der Waals surface area contributed by atoms with Crippen molar-refractivity contribution in [1.82, 2.24) is 14.7 Å². The van der Waals surface area contributed by atoms with Gasteiger partial charge in [0.15, 0.2) is 0 Å². The summed E-state index contributed by atoms with van der Waals surface area (Å²) in [5, 5.41) is 13.3. The molecule has 20 heavy (non-hydrogen) atoms. The van der Waals surface area contributed by atoms with Crippen molar-refractivity contribution in [1.29, 1.82) is 5.26 Å². The van der Waals surface area contributed by atoms with Crippen molar-refractivity contribution in [3.63, 3.8) is 0 Å². The van der Waals surface area contributed by atoms with Crippen molar-refractivity contribution in [3.05, 3.63) is 18.0 Å². The van der Waals surface area contributed by atoms with E-state index in [1.54, 1.807) is 10.9 Å². The van der Waals surface area contributed by atoms with Gasteiger partial charge in [-0.3, -0.25) is 9.58 Å². The highest BCUT2D eigenvalue weighted by Gasteiger charge is 2.40. The fraction of sp³-hybridized carbons (Fsp3) is 0.692. The summed E-state index contributed by atoms with van der Waals surface area (Å²) in [6.07, 6.45) is 0.693. The van der Waals surface area contributed by atoms with Crippen molar-refractivity contribution in [2.24, 2.45) is 0 Å². The van der Waals surface area contributed by atoms with Crippen LogP contribution >= 0.6 is 0 Å². The zero-order chi connectivity index (χ0) is 14.8. The maximum absolute atomic E-state index is 12.4. The predicted octanol–water partition coefficient (Wildman–Crippen LogP) is 2.46. The van der Waals surface area contributed by atoms with E-state index in [2.05, 4.69) is 11.2 Å². The number of hydrogen-bond acceptors (Lipinski definition) is 3. The van der Waals surface area contributed by atoms with Crippen LogP contribution in [0.15, 0.2) is 12.4 Å². The normalized spacial score (nSPS) is 19.8. The van der Waals surface area contributed by atoms with Gasteiger partial charge in [0.25, 0.3) is 0 Å². The van der Waals surface area contributed by atoms with Gasteiger partial charge in [0.05, 0.1) is 30.8 Å². The Morgan fingerprint density at radius 2 is 2.05 bits per heavy atom. The molecule has 1 aromatic heterocycles. The third-order valence-corrected chi connectivity index (χ3v) is 3.80. The van der Waals surface area contributed by atoms with E-state index in [9.17, 15) is 13.2 Å². The van der Waals surface area contributed by atoms with Crippen LogP contribution in [0, 0.1) is 18.3 Å². The van der Waals surface area contributed by atoms with Gasteiger partial charge in [-0.15, -0.1) is 0 Å². The van der Waals surface area contributed by atoms with Crippen LogP contribution in [0.1, 0.15) is 24.8 Å². The second-order valence-corrected chi connectivity index (χ2v) is 5.41. The second kappa shape index (κ2) is 5.44. The van der Waals surface area contributed by atoms with Crippen molar-refractivity contribution in [3.8, 4) is 6.07 Å². The smallest absolute Gasteiger partial charge is 0.295 e. The molecule has 0 unspecified atom stereocenters. The minimum atomic E-state index is -4.17. The van der Waals surface area contributed by atoms with E-state index in [0.29, 0.717) is 25.9 Å². The summed E-state index contributed by atoms with van der Waals surface area (Å²) in [6.45, 7) is 1.69. The number of aryl methyl sites for hydroxylation is 1. The first-order valence-corrected chi connectivity index (χ1v) is 6.52. The Kier molecular flexibility index (Phi) is 4.04. The largest absolute Gasteiger partial charge is 0.401 e. The van der Waals surface area contributed by atoms with Crippen LogP contribution in [0.25, 0.3) is 0 Å². The molecule has 1 saturated heterocycles. The Labute approximate surface area is 115 Å². The molecular weight excluding hydrogens is 269 g/mol. The standard InChI is InChI=1S/C13H17F3N4/c1-11-8-18-20(9-11)12(2-5-17)3-6-19(7-4-12)10-13(14,15)16/h8-9H,2-4,6-7,10H2,1H3. The summed E-state index contributed by atoms with van der Waals surface area (Å²) in [7, 11) is 0. The molecule has 0 saturated carbocycles. The van der Waals surface area contributed by atoms with Crippen LogP contribution in [0.2, 0.25) is 0 Å². The van der Waals surface area contributed by atoms with Crippen molar-refractivity contribution in [2.75, 3.05) is 19.6 Å². The van der Waals surface area contributed by atoms with E-state index >= 15 is 0 Å². The fourth-order valence-electron chi connectivity index (χ4n) is 2.69. The highest BCUT2D eigenvalue weighted by atomic mass is 19.4. The Morgan fingerprint density at radius 3 is 2.50 bits per heavy atom. The quantitative estimate of drug-likeness (QED) is 0.857. The maximum atomic E-state index is 12.4. The lowest BCUT2D eigenvalue weighted by atomic mass is 9.85. The molecular formula is C13H17F3N4. The number of likely N-dealkylation sites (tertiary alicyclic amines) is 1. The number of piperidine rings is 1. The molecule has 110 valence electrons. The van der Waals surface area contributed by atoms with Gasteiger partial charge < -0.3 is 0 Å². The van der Waals surface area contributed by atoms with E-state index in [1.165, 1.54) is 4.90 Å². The van der Waals surface area contributed by atoms with Gasteiger partial charge in [-0.25, -0.2) is 0 Å². The third kappa shape index (κ3) is 3.31. The molecule has 1 aromatic rings. The summed E-state index contributed by atoms with van der Waals surface area (Å²) in [5.74, 6) is 0. The number of alkyl halides is 3. The summed E-state index contributed by atoms with van der Waals surface area (Å²) in [6, 6.07) is 2.15. The number of aromatic nitrogens is 2. The first-order valence-electron chi connectivity index (χ1n) is 6.52. The van der Waals surface area contributed by atoms with Gasteiger partial charge in [0.1, 0.15) is 0 Å². The lowest BCUT2D eigenvalue weighted by molar-refractivity contribution is -0.150. The Balaban J connectivity index is 2.09. The highest BCUT2D eigenvalue weighted by Crippen LogP contribution is 2.34.